The van der Waals surface area contributed by atoms with E-state index >= 15 is 0 Å². The van der Waals surface area contributed by atoms with Gasteiger partial charge in [0, 0.05) is 36.9 Å². The first-order valence-corrected chi connectivity index (χ1v) is 13.9. The molecule has 0 aromatic carbocycles. The summed E-state index contributed by atoms with van der Waals surface area (Å²) in [6.07, 6.45) is 0. The van der Waals surface area contributed by atoms with Crippen molar-refractivity contribution in [3.8, 4) is 0 Å². The van der Waals surface area contributed by atoms with E-state index in [4.69, 9.17) is 18.0 Å². The molecule has 25 heavy (non-hydrogen) atoms. The van der Waals surface area contributed by atoms with Crippen LogP contribution in [0.25, 0.3) is 0 Å². The molecule has 1 fully saturated rings. The molecule has 0 aliphatic carbocycles. The Balaban J connectivity index is 2.37. The van der Waals surface area contributed by atoms with Gasteiger partial charge >= 0.3 is 16.6 Å². The van der Waals surface area contributed by atoms with Crippen LogP contribution in [0.1, 0.15) is 20.8 Å². The van der Waals surface area contributed by atoms with Gasteiger partial charge in [-0.2, -0.15) is 0 Å². The molecule has 0 unspecified atom stereocenters. The molecular formula is C15H22N3O3S3Si+. The van der Waals surface area contributed by atoms with E-state index in [0.29, 0.717) is 21.5 Å². The maximum absolute atomic E-state index is 12.9. The minimum absolute atomic E-state index is 0.0505. The topological polar surface area (TPSA) is 87.5 Å². The third-order valence-electron chi connectivity index (χ3n) is 3.64. The zero-order chi connectivity index (χ0) is 18.8. The van der Waals surface area contributed by atoms with Crippen LogP contribution in [0.4, 0.5) is 0 Å². The number of thiocarbonyl (C=S) groups is 1. The minimum atomic E-state index is -1.27. The first-order valence-electron chi connectivity index (χ1n) is 7.81. The third kappa shape index (κ3) is 4.96. The first kappa shape index (κ1) is 20.2. The zero-order valence-electron chi connectivity index (χ0n) is 14.4. The molecule has 136 valence electrons. The number of primary amides is 1. The van der Waals surface area contributed by atoms with Gasteiger partial charge in [0.15, 0.2) is 0 Å². The summed E-state index contributed by atoms with van der Waals surface area (Å²) in [5.74, 6) is 0.504. The SMILES string of the molecule is C[Si](C)(C)CCSc1c(C(=O)N2CCSC2=S)ccc(C(N)=O)[n+]1O. The maximum atomic E-state index is 12.9. The number of hydrogen-bond acceptors (Lipinski definition) is 6. The molecular weight excluding hydrogens is 394 g/mol. The molecule has 2 rings (SSSR count). The number of rotatable bonds is 6. The second kappa shape index (κ2) is 8.06. The van der Waals surface area contributed by atoms with Gasteiger partial charge in [0.1, 0.15) is 9.88 Å². The standard InChI is InChI=1S/C15H21N3O3S3Si/c1-25(2,3)9-8-23-14-10(4-5-11(12(16)19)18(14)21)13(20)17-6-7-24-15(17)22/h4-5H,6-9H2,1-3H3,(H2-,16,19,21)/p+1. The van der Waals surface area contributed by atoms with Gasteiger partial charge in [-0.05, 0) is 12.1 Å². The van der Waals surface area contributed by atoms with Crippen molar-refractivity contribution in [2.24, 2.45) is 5.73 Å². The summed E-state index contributed by atoms with van der Waals surface area (Å²) in [7, 11) is -1.27. The molecule has 0 bridgehead atoms. The largest absolute Gasteiger partial charge is 0.360 e. The maximum Gasteiger partial charge on any atom is 0.322 e. The van der Waals surface area contributed by atoms with Crippen molar-refractivity contribution < 1.29 is 19.5 Å². The Kier molecular flexibility index (Phi) is 6.52. The number of amides is 2. The summed E-state index contributed by atoms with van der Waals surface area (Å²) in [4.78, 5) is 25.9. The Hall–Kier alpha value is -1.10. The van der Waals surface area contributed by atoms with E-state index in [0.717, 1.165) is 22.3 Å². The average Bonchev–Trinajstić information content (AvgIpc) is 2.92. The molecule has 1 aromatic rings. The quantitative estimate of drug-likeness (QED) is 0.243. The summed E-state index contributed by atoms with van der Waals surface area (Å²) in [6.45, 7) is 7.31. The van der Waals surface area contributed by atoms with E-state index in [-0.39, 0.29) is 11.6 Å². The lowest BCUT2D eigenvalue weighted by Crippen LogP contribution is -2.44. The van der Waals surface area contributed by atoms with Gasteiger partial charge < -0.3 is 5.73 Å². The highest BCUT2D eigenvalue weighted by Gasteiger charge is 2.34. The van der Waals surface area contributed by atoms with E-state index in [9.17, 15) is 14.8 Å². The van der Waals surface area contributed by atoms with Gasteiger partial charge in [-0.1, -0.05) is 55.4 Å². The number of thioether (sulfide) groups is 2. The van der Waals surface area contributed by atoms with Gasteiger partial charge in [-0.3, -0.25) is 19.7 Å². The van der Waals surface area contributed by atoms with Crippen molar-refractivity contribution in [1.82, 2.24) is 4.90 Å². The van der Waals surface area contributed by atoms with Crippen LogP contribution < -0.4 is 10.5 Å². The highest BCUT2D eigenvalue weighted by Crippen LogP contribution is 2.27. The van der Waals surface area contributed by atoms with Crippen molar-refractivity contribution in [3.05, 3.63) is 23.4 Å². The van der Waals surface area contributed by atoms with Crippen LogP contribution in [-0.4, -0.2) is 52.4 Å². The Morgan fingerprint density at radius 3 is 2.64 bits per heavy atom. The second-order valence-electron chi connectivity index (χ2n) is 6.84. The van der Waals surface area contributed by atoms with Crippen LogP contribution in [0, 0.1) is 0 Å². The number of hydrogen-bond donors (Lipinski definition) is 2. The Bertz CT molecular complexity index is 722. The van der Waals surface area contributed by atoms with Crippen molar-refractivity contribution in [2.45, 2.75) is 30.7 Å². The molecule has 0 radical (unpaired) electrons. The molecule has 0 saturated carbocycles. The summed E-state index contributed by atoms with van der Waals surface area (Å²) >= 11 is 8.04. The van der Waals surface area contributed by atoms with Crippen molar-refractivity contribution in [2.75, 3.05) is 18.1 Å². The van der Waals surface area contributed by atoms with Gasteiger partial charge in [-0.15, -0.1) is 0 Å². The Morgan fingerprint density at radius 1 is 1.44 bits per heavy atom. The minimum Gasteiger partial charge on any atom is -0.360 e. The predicted octanol–water partition coefficient (Wildman–Crippen LogP) is 2.21. The fourth-order valence-electron chi connectivity index (χ4n) is 2.19. The number of aromatic nitrogens is 1. The fourth-order valence-corrected chi connectivity index (χ4v) is 6.98. The Labute approximate surface area is 162 Å². The van der Waals surface area contributed by atoms with Crippen molar-refractivity contribution in [3.63, 3.8) is 0 Å². The fraction of sp³-hybridized carbons (Fsp3) is 0.467. The van der Waals surface area contributed by atoms with Crippen LogP contribution >= 0.6 is 35.7 Å². The normalized spacial score (nSPS) is 14.8. The molecule has 1 aromatic heterocycles. The van der Waals surface area contributed by atoms with Gasteiger partial charge in [0.2, 0.25) is 0 Å². The Morgan fingerprint density at radius 2 is 2.12 bits per heavy atom. The smallest absolute Gasteiger partial charge is 0.322 e. The van der Waals surface area contributed by atoms with Crippen LogP contribution in [0.3, 0.4) is 0 Å². The van der Waals surface area contributed by atoms with Gasteiger partial charge in [0.05, 0.1) is 0 Å². The molecule has 0 spiro atoms. The van der Waals surface area contributed by atoms with Crippen molar-refractivity contribution >= 4 is 60.0 Å². The molecule has 1 saturated heterocycles. The summed E-state index contributed by atoms with van der Waals surface area (Å²) in [5.41, 5.74) is 5.59. The van der Waals surface area contributed by atoms with E-state index in [1.165, 1.54) is 40.6 Å². The lowest BCUT2D eigenvalue weighted by atomic mass is 10.2. The predicted molar refractivity (Wildman–Crippen MR) is 107 cm³/mol. The lowest BCUT2D eigenvalue weighted by molar-refractivity contribution is -0.933. The molecule has 3 N–H and O–H groups in total. The van der Waals surface area contributed by atoms with Crippen LogP contribution in [-0.2, 0) is 0 Å². The average molecular weight is 417 g/mol. The lowest BCUT2D eigenvalue weighted by Gasteiger charge is -2.16. The molecule has 2 amide bonds. The highest BCUT2D eigenvalue weighted by molar-refractivity contribution is 8.23. The van der Waals surface area contributed by atoms with E-state index in [1.807, 2.05) is 0 Å². The molecule has 0 atom stereocenters. The number of carbonyl (C=O) groups is 2. The van der Waals surface area contributed by atoms with Crippen LogP contribution in [0.5, 0.6) is 0 Å². The number of nitrogens with two attached hydrogens (primary N) is 1. The van der Waals surface area contributed by atoms with E-state index in [2.05, 4.69) is 19.6 Å². The van der Waals surface area contributed by atoms with Crippen molar-refractivity contribution in [1.29, 1.82) is 0 Å². The highest BCUT2D eigenvalue weighted by atomic mass is 32.2. The molecule has 10 heteroatoms. The first-order chi connectivity index (χ1) is 11.6. The second-order valence-corrected chi connectivity index (χ2v) is 15.3. The summed E-state index contributed by atoms with van der Waals surface area (Å²) in [6, 6.07) is 3.92. The number of nitrogens with zero attached hydrogens (tertiary/aromatic N) is 2. The summed E-state index contributed by atoms with van der Waals surface area (Å²) < 4.78 is 1.27. The van der Waals surface area contributed by atoms with E-state index in [1.54, 1.807) is 0 Å². The summed E-state index contributed by atoms with van der Waals surface area (Å²) in [5, 5.41) is 10.8. The third-order valence-corrected chi connectivity index (χ3v) is 8.25. The number of pyridine rings is 1. The van der Waals surface area contributed by atoms with Crippen LogP contribution in [0.15, 0.2) is 17.2 Å². The van der Waals surface area contributed by atoms with Gasteiger partial charge in [-0.25, -0.2) is 0 Å². The zero-order valence-corrected chi connectivity index (χ0v) is 17.9. The van der Waals surface area contributed by atoms with E-state index < -0.39 is 14.0 Å². The molecule has 1 aliphatic rings. The molecule has 2 heterocycles. The number of carbonyl (C=O) groups excluding carboxylic acids is 2. The monoisotopic (exact) mass is 416 g/mol. The molecule has 6 nitrogen and oxygen atoms in total. The van der Waals surface area contributed by atoms with Gasteiger partial charge in [0.25, 0.3) is 5.91 Å². The molecule has 1 aliphatic heterocycles. The van der Waals surface area contributed by atoms with Crippen LogP contribution in [0.2, 0.25) is 25.7 Å².